The third-order valence-electron chi connectivity index (χ3n) is 8.63. The zero-order valence-electron chi connectivity index (χ0n) is 23.1. The van der Waals surface area contributed by atoms with Gasteiger partial charge in [-0.2, -0.15) is 0 Å². The van der Waals surface area contributed by atoms with E-state index >= 15 is 0 Å². The summed E-state index contributed by atoms with van der Waals surface area (Å²) in [5.74, 6) is 2.05. The fourth-order valence-corrected chi connectivity index (χ4v) is 7.06. The summed E-state index contributed by atoms with van der Waals surface area (Å²) in [6.07, 6.45) is 1.02. The minimum absolute atomic E-state index is 0.00402. The lowest BCUT2D eigenvalue weighted by Gasteiger charge is -2.64. The van der Waals surface area contributed by atoms with Crippen molar-refractivity contribution in [3.8, 4) is 11.5 Å². The van der Waals surface area contributed by atoms with Gasteiger partial charge in [0.2, 0.25) is 5.91 Å². The zero-order chi connectivity index (χ0) is 26.9. The number of carbonyl (C=O) groups excluding carboxylic acids is 1. The van der Waals surface area contributed by atoms with Gasteiger partial charge in [0.05, 0.1) is 14.2 Å². The van der Waals surface area contributed by atoms with E-state index in [1.165, 1.54) is 5.56 Å². The Bertz CT molecular complexity index is 1250. The van der Waals surface area contributed by atoms with Gasteiger partial charge in [-0.15, -0.1) is 0 Å². The van der Waals surface area contributed by atoms with Gasteiger partial charge in [-0.3, -0.25) is 9.69 Å². The molecule has 3 fully saturated rings. The summed E-state index contributed by atoms with van der Waals surface area (Å²) in [5, 5.41) is 3.90. The molecule has 6 atom stereocenters. The molecule has 0 radical (unpaired) electrons. The molecule has 6 rings (SSSR count). The van der Waals surface area contributed by atoms with Crippen LogP contribution < -0.4 is 14.8 Å². The molecule has 3 aromatic carbocycles. The minimum Gasteiger partial charge on any atom is -0.497 e. The van der Waals surface area contributed by atoms with E-state index in [1.54, 1.807) is 19.1 Å². The number of nitrogens with one attached hydrogen (secondary N) is 1. The Hall–Kier alpha value is -3.35. The first-order valence-corrected chi connectivity index (χ1v) is 13.5. The number of hydrogen-bond acceptors (Lipinski definition) is 5. The van der Waals surface area contributed by atoms with Crippen molar-refractivity contribution in [1.82, 2.24) is 15.1 Å². The topological polar surface area (TPSA) is 54.0 Å². The molecule has 38 heavy (non-hydrogen) atoms. The second-order valence-corrected chi connectivity index (χ2v) is 10.7. The summed E-state index contributed by atoms with van der Waals surface area (Å²) in [7, 11) is 7.15. The minimum atomic E-state index is -0.777. The van der Waals surface area contributed by atoms with Crippen molar-refractivity contribution in [3.05, 3.63) is 95.6 Å². The fourth-order valence-electron chi connectivity index (χ4n) is 7.06. The number of amides is 1. The van der Waals surface area contributed by atoms with Crippen molar-refractivity contribution in [2.45, 2.75) is 43.4 Å². The van der Waals surface area contributed by atoms with Crippen molar-refractivity contribution in [2.24, 2.45) is 5.92 Å². The number of nitrogens with zero attached hydrogens (tertiary/aromatic N) is 2. The number of rotatable bonds is 8. The SMILES string of the molecule is COc1ccc(OC)c(CN[C@H]2[C@@H]3CCN([C@H]2C)[C@@](C(=O)N(C)C)(c2ccccc2)C3c2ccccc2)c1. The molecule has 1 amide bonds. The Labute approximate surface area is 226 Å². The molecule has 3 aromatic rings. The van der Waals surface area contributed by atoms with Crippen molar-refractivity contribution in [2.75, 3.05) is 34.9 Å². The molecule has 0 aliphatic carbocycles. The molecule has 3 aliphatic heterocycles. The van der Waals surface area contributed by atoms with E-state index < -0.39 is 5.54 Å². The van der Waals surface area contributed by atoms with Crippen LogP contribution in [0.2, 0.25) is 0 Å². The van der Waals surface area contributed by atoms with E-state index in [2.05, 4.69) is 71.7 Å². The molecule has 2 unspecified atom stereocenters. The number of hydrogen-bond donors (Lipinski definition) is 1. The molecule has 1 N–H and O–H groups in total. The third kappa shape index (κ3) is 4.26. The van der Waals surface area contributed by atoms with Gasteiger partial charge in [0.1, 0.15) is 17.0 Å². The molecule has 2 bridgehead atoms. The van der Waals surface area contributed by atoms with Crippen LogP contribution in [0, 0.1) is 5.92 Å². The van der Waals surface area contributed by atoms with E-state index in [1.807, 2.05) is 38.4 Å². The molecular formula is C32H39N3O3. The predicted molar refractivity (Wildman–Crippen MR) is 150 cm³/mol. The van der Waals surface area contributed by atoms with Gasteiger partial charge in [-0.05, 0) is 48.6 Å². The van der Waals surface area contributed by atoms with Crippen molar-refractivity contribution in [3.63, 3.8) is 0 Å². The van der Waals surface area contributed by atoms with Gasteiger partial charge in [0, 0.05) is 50.7 Å². The monoisotopic (exact) mass is 513 g/mol. The number of ether oxygens (including phenoxy) is 2. The second kappa shape index (κ2) is 10.8. The summed E-state index contributed by atoms with van der Waals surface area (Å²) in [6, 6.07) is 27.3. The predicted octanol–water partition coefficient (Wildman–Crippen LogP) is 4.65. The number of carbonyl (C=O) groups is 1. The summed E-state index contributed by atoms with van der Waals surface area (Å²) < 4.78 is 11.1. The Morgan fingerprint density at radius 2 is 1.68 bits per heavy atom. The van der Waals surface area contributed by atoms with Crippen LogP contribution in [0.3, 0.4) is 0 Å². The lowest BCUT2D eigenvalue weighted by molar-refractivity contribution is -0.166. The molecule has 6 heteroatoms. The molecule has 3 saturated heterocycles. The Balaban J connectivity index is 1.60. The van der Waals surface area contributed by atoms with E-state index in [4.69, 9.17) is 9.47 Å². The largest absolute Gasteiger partial charge is 0.497 e. The van der Waals surface area contributed by atoms with Crippen LogP contribution in [0.25, 0.3) is 0 Å². The van der Waals surface area contributed by atoms with Gasteiger partial charge in [-0.25, -0.2) is 0 Å². The van der Waals surface area contributed by atoms with Gasteiger partial charge < -0.3 is 19.7 Å². The van der Waals surface area contributed by atoms with Gasteiger partial charge in [0.15, 0.2) is 0 Å². The van der Waals surface area contributed by atoms with Gasteiger partial charge >= 0.3 is 0 Å². The fraction of sp³-hybridized carbons (Fsp3) is 0.406. The van der Waals surface area contributed by atoms with E-state index in [9.17, 15) is 4.79 Å². The van der Waals surface area contributed by atoms with E-state index in [-0.39, 0.29) is 29.8 Å². The molecule has 3 heterocycles. The highest BCUT2D eigenvalue weighted by Gasteiger charge is 2.64. The van der Waals surface area contributed by atoms with Gasteiger partial charge in [0.25, 0.3) is 0 Å². The van der Waals surface area contributed by atoms with Crippen LogP contribution in [-0.2, 0) is 16.9 Å². The lowest BCUT2D eigenvalue weighted by Crippen LogP contribution is -2.75. The maximum Gasteiger partial charge on any atom is 0.247 e. The highest BCUT2D eigenvalue weighted by molar-refractivity contribution is 5.89. The second-order valence-electron chi connectivity index (χ2n) is 10.7. The van der Waals surface area contributed by atoms with Crippen molar-refractivity contribution >= 4 is 5.91 Å². The smallest absolute Gasteiger partial charge is 0.247 e. The number of benzene rings is 3. The maximum absolute atomic E-state index is 14.4. The van der Waals surface area contributed by atoms with Crippen LogP contribution in [-0.4, -0.2) is 62.7 Å². The van der Waals surface area contributed by atoms with E-state index in [0.717, 1.165) is 35.6 Å². The first-order valence-electron chi connectivity index (χ1n) is 13.5. The average molecular weight is 514 g/mol. The van der Waals surface area contributed by atoms with Crippen LogP contribution in [0.5, 0.6) is 11.5 Å². The molecule has 3 aliphatic rings. The first-order chi connectivity index (χ1) is 18.4. The molecule has 6 nitrogen and oxygen atoms in total. The zero-order valence-corrected chi connectivity index (χ0v) is 23.1. The standard InChI is InChI=1S/C32H39N3O3/c1-22-30(33-21-24-20-26(37-4)16-17-28(24)38-5)27-18-19-35(22)32(31(36)34(2)3,25-14-10-7-11-15-25)29(27)23-12-8-6-9-13-23/h6-17,20,22,27,29-30,33H,18-19,21H2,1-5H3/t22-,27+,29?,30+,32-/m0/s1. The molecular weight excluding hydrogens is 474 g/mol. The first kappa shape index (κ1) is 26.3. The van der Waals surface area contributed by atoms with Crippen LogP contribution in [0.4, 0.5) is 0 Å². The van der Waals surface area contributed by atoms with Crippen LogP contribution >= 0.6 is 0 Å². The quantitative estimate of drug-likeness (QED) is 0.475. The highest BCUT2D eigenvalue weighted by Crippen LogP contribution is 2.57. The Morgan fingerprint density at radius 3 is 2.32 bits per heavy atom. The Kier molecular flexibility index (Phi) is 7.46. The maximum atomic E-state index is 14.4. The molecule has 0 aromatic heterocycles. The number of piperidine rings is 3. The summed E-state index contributed by atoms with van der Waals surface area (Å²) in [5.41, 5.74) is 2.56. The molecule has 0 spiro atoms. The van der Waals surface area contributed by atoms with Crippen molar-refractivity contribution < 1.29 is 14.3 Å². The van der Waals surface area contributed by atoms with Crippen LogP contribution in [0.1, 0.15) is 36.0 Å². The summed E-state index contributed by atoms with van der Waals surface area (Å²) in [6.45, 7) is 3.81. The molecule has 0 saturated carbocycles. The third-order valence-corrected chi connectivity index (χ3v) is 8.63. The number of likely N-dealkylation sites (N-methyl/N-ethyl adjacent to an activating group) is 1. The van der Waals surface area contributed by atoms with Crippen molar-refractivity contribution in [1.29, 1.82) is 0 Å². The number of fused-ring (bicyclic) bond motifs is 3. The normalized spacial score (nSPS) is 28.1. The molecule has 200 valence electrons. The van der Waals surface area contributed by atoms with E-state index in [0.29, 0.717) is 6.54 Å². The number of methoxy groups -OCH3 is 2. The van der Waals surface area contributed by atoms with Gasteiger partial charge in [-0.1, -0.05) is 60.7 Å². The summed E-state index contributed by atoms with van der Waals surface area (Å²) >= 11 is 0. The lowest BCUT2D eigenvalue weighted by atomic mass is 9.56. The Morgan fingerprint density at radius 1 is 1.00 bits per heavy atom. The van der Waals surface area contributed by atoms with Crippen LogP contribution in [0.15, 0.2) is 78.9 Å². The average Bonchev–Trinajstić information content (AvgIpc) is 2.96. The summed E-state index contributed by atoms with van der Waals surface area (Å²) in [4.78, 5) is 18.7. The highest BCUT2D eigenvalue weighted by atomic mass is 16.5.